The maximum atomic E-state index is 5.18. The molecule has 1 aliphatic heterocycles. The molecule has 0 spiro atoms. The zero-order chi connectivity index (χ0) is 11.1. The molecule has 1 aliphatic rings. The van der Waals surface area contributed by atoms with Crippen LogP contribution in [0.25, 0.3) is 0 Å². The van der Waals surface area contributed by atoms with Gasteiger partial charge in [-0.2, -0.15) is 0 Å². The summed E-state index contributed by atoms with van der Waals surface area (Å²) < 4.78 is 0. The van der Waals surface area contributed by atoms with E-state index in [-0.39, 0.29) is 0 Å². The molecule has 1 N–H and O–H groups in total. The Labute approximate surface area is 93.8 Å². The highest BCUT2D eigenvalue weighted by Crippen LogP contribution is 2.09. The average Bonchev–Trinajstić information content (AvgIpc) is 2.26. The maximum Gasteiger partial charge on any atom is 0.0574 e. The zero-order valence-electron chi connectivity index (χ0n) is 10.00. The second-order valence-electron chi connectivity index (χ2n) is 4.22. The first kappa shape index (κ1) is 12.5. The molecule has 1 atom stereocenters. The van der Waals surface area contributed by atoms with Gasteiger partial charge in [-0.1, -0.05) is 12.8 Å². The Morgan fingerprint density at radius 3 is 2.93 bits per heavy atom. The molecule has 1 unspecified atom stereocenters. The normalized spacial score (nSPS) is 23.9. The van der Waals surface area contributed by atoms with Crippen molar-refractivity contribution in [3.8, 4) is 12.3 Å². The number of hydrogen-bond donors (Lipinski definition) is 1. The van der Waals surface area contributed by atoms with E-state index >= 15 is 0 Å². The summed E-state index contributed by atoms with van der Waals surface area (Å²) in [5, 5.41) is 3.24. The van der Waals surface area contributed by atoms with Gasteiger partial charge in [0.25, 0.3) is 0 Å². The fourth-order valence-corrected chi connectivity index (χ4v) is 2.05. The van der Waals surface area contributed by atoms with Crippen molar-refractivity contribution in [3.63, 3.8) is 0 Å². The Hall–Kier alpha value is -0.560. The third-order valence-electron chi connectivity index (χ3n) is 3.16. The summed E-state index contributed by atoms with van der Waals surface area (Å²) in [6.07, 6.45) is 6.42. The number of nitrogens with zero attached hydrogens (tertiary/aromatic N) is 2. The lowest BCUT2D eigenvalue weighted by atomic mass is 10.1. The summed E-state index contributed by atoms with van der Waals surface area (Å²) in [7, 11) is 2.22. The van der Waals surface area contributed by atoms with E-state index in [1.54, 1.807) is 0 Å². The van der Waals surface area contributed by atoms with E-state index in [9.17, 15) is 0 Å². The van der Waals surface area contributed by atoms with Gasteiger partial charge in [-0.05, 0) is 13.5 Å². The van der Waals surface area contributed by atoms with Crippen LogP contribution in [0.1, 0.15) is 13.3 Å². The lowest BCUT2D eigenvalue weighted by molar-refractivity contribution is 0.0942. The summed E-state index contributed by atoms with van der Waals surface area (Å²) in [6, 6.07) is 0.728. The smallest absolute Gasteiger partial charge is 0.0574 e. The highest BCUT2D eigenvalue weighted by molar-refractivity contribution is 4.86. The van der Waals surface area contributed by atoms with Crippen molar-refractivity contribution in [1.29, 1.82) is 0 Å². The molecule has 0 saturated carbocycles. The molecule has 1 rings (SSSR count). The van der Waals surface area contributed by atoms with Crippen LogP contribution < -0.4 is 5.32 Å². The first-order valence-electron chi connectivity index (χ1n) is 5.84. The molecule has 1 heterocycles. The lowest BCUT2D eigenvalue weighted by Crippen LogP contribution is -2.52. The Kier molecular flexibility index (Phi) is 5.70. The van der Waals surface area contributed by atoms with Crippen LogP contribution in [0.15, 0.2) is 0 Å². The molecule has 15 heavy (non-hydrogen) atoms. The summed E-state index contributed by atoms with van der Waals surface area (Å²) in [5.41, 5.74) is 0. The molecule has 0 amide bonds. The quantitative estimate of drug-likeness (QED) is 0.517. The minimum Gasteiger partial charge on any atom is -0.305 e. The highest BCUT2D eigenvalue weighted by Gasteiger charge is 2.21. The van der Waals surface area contributed by atoms with E-state index in [0.29, 0.717) is 6.54 Å². The van der Waals surface area contributed by atoms with Gasteiger partial charge in [0.2, 0.25) is 0 Å². The minimum absolute atomic E-state index is 0.685. The van der Waals surface area contributed by atoms with Gasteiger partial charge in [0, 0.05) is 38.8 Å². The van der Waals surface area contributed by atoms with Crippen molar-refractivity contribution in [2.24, 2.45) is 0 Å². The second kappa shape index (κ2) is 6.84. The molecule has 86 valence electrons. The van der Waals surface area contributed by atoms with Crippen LogP contribution in [0.2, 0.25) is 0 Å². The van der Waals surface area contributed by atoms with E-state index < -0.39 is 0 Å². The van der Waals surface area contributed by atoms with Crippen LogP contribution in [-0.2, 0) is 0 Å². The van der Waals surface area contributed by atoms with Crippen molar-refractivity contribution in [3.05, 3.63) is 0 Å². The van der Waals surface area contributed by atoms with Crippen LogP contribution in [0, 0.1) is 12.3 Å². The number of piperazine rings is 1. The Balaban J connectivity index is 2.18. The Morgan fingerprint density at radius 1 is 1.47 bits per heavy atom. The van der Waals surface area contributed by atoms with E-state index in [2.05, 4.69) is 35.0 Å². The summed E-state index contributed by atoms with van der Waals surface area (Å²) >= 11 is 0. The molecular formula is C12H23N3. The lowest BCUT2D eigenvalue weighted by Gasteiger charge is -2.39. The largest absolute Gasteiger partial charge is 0.305 e. The molecular weight excluding hydrogens is 186 g/mol. The van der Waals surface area contributed by atoms with Gasteiger partial charge in [0.15, 0.2) is 0 Å². The SMILES string of the molecule is C#CCNCCN1CCN(C)C(CC)C1. The van der Waals surface area contributed by atoms with Crippen LogP contribution in [0.3, 0.4) is 0 Å². The molecule has 1 fully saturated rings. The van der Waals surface area contributed by atoms with E-state index in [0.717, 1.165) is 19.1 Å². The topological polar surface area (TPSA) is 18.5 Å². The number of nitrogens with one attached hydrogen (secondary N) is 1. The van der Waals surface area contributed by atoms with Crippen LogP contribution in [0.4, 0.5) is 0 Å². The predicted octanol–water partition coefficient (Wildman–Crippen LogP) is 0.235. The Bertz CT molecular complexity index is 209. The zero-order valence-corrected chi connectivity index (χ0v) is 10.00. The Morgan fingerprint density at radius 2 is 2.27 bits per heavy atom. The average molecular weight is 209 g/mol. The van der Waals surface area contributed by atoms with Crippen LogP contribution in [0.5, 0.6) is 0 Å². The van der Waals surface area contributed by atoms with Crippen LogP contribution in [-0.4, -0.2) is 62.2 Å². The molecule has 1 saturated heterocycles. The summed E-state index contributed by atoms with van der Waals surface area (Å²) in [6.45, 7) is 8.64. The molecule has 0 aromatic heterocycles. The van der Waals surface area contributed by atoms with Gasteiger partial charge in [0.05, 0.1) is 6.54 Å². The maximum absolute atomic E-state index is 5.18. The molecule has 3 nitrogen and oxygen atoms in total. The van der Waals surface area contributed by atoms with Crippen molar-refractivity contribution in [1.82, 2.24) is 15.1 Å². The molecule has 0 aromatic rings. The van der Waals surface area contributed by atoms with Crippen molar-refractivity contribution in [2.75, 3.05) is 46.3 Å². The summed E-state index contributed by atoms with van der Waals surface area (Å²) in [5.74, 6) is 2.59. The van der Waals surface area contributed by atoms with Crippen molar-refractivity contribution >= 4 is 0 Å². The first-order chi connectivity index (χ1) is 7.27. The van der Waals surface area contributed by atoms with Gasteiger partial charge in [-0.3, -0.25) is 4.90 Å². The standard InChI is InChI=1S/C12H23N3/c1-4-6-13-7-8-15-10-9-14(3)12(5-2)11-15/h1,12-13H,5-11H2,2-3H3. The van der Waals surface area contributed by atoms with Gasteiger partial charge in [0.1, 0.15) is 0 Å². The number of rotatable bonds is 5. The van der Waals surface area contributed by atoms with Gasteiger partial charge in [-0.15, -0.1) is 6.42 Å². The predicted molar refractivity (Wildman–Crippen MR) is 64.9 cm³/mol. The van der Waals surface area contributed by atoms with Gasteiger partial charge < -0.3 is 10.2 Å². The van der Waals surface area contributed by atoms with E-state index in [1.807, 2.05) is 0 Å². The van der Waals surface area contributed by atoms with Gasteiger partial charge in [-0.25, -0.2) is 0 Å². The van der Waals surface area contributed by atoms with Crippen LogP contribution >= 0.6 is 0 Å². The molecule has 0 radical (unpaired) electrons. The van der Waals surface area contributed by atoms with Gasteiger partial charge >= 0.3 is 0 Å². The van der Waals surface area contributed by atoms with E-state index in [4.69, 9.17) is 6.42 Å². The first-order valence-corrected chi connectivity index (χ1v) is 5.84. The molecule has 3 heteroatoms. The third kappa shape index (κ3) is 4.21. The highest BCUT2D eigenvalue weighted by atomic mass is 15.3. The molecule has 0 aliphatic carbocycles. The van der Waals surface area contributed by atoms with Crippen molar-refractivity contribution < 1.29 is 0 Å². The minimum atomic E-state index is 0.685. The number of likely N-dealkylation sites (N-methyl/N-ethyl adjacent to an activating group) is 1. The number of terminal acetylenes is 1. The van der Waals surface area contributed by atoms with E-state index in [1.165, 1.54) is 26.1 Å². The monoisotopic (exact) mass is 209 g/mol. The summed E-state index contributed by atoms with van der Waals surface area (Å²) in [4.78, 5) is 4.99. The number of hydrogen-bond acceptors (Lipinski definition) is 3. The fraction of sp³-hybridized carbons (Fsp3) is 0.833. The third-order valence-corrected chi connectivity index (χ3v) is 3.16. The molecule has 0 bridgehead atoms. The second-order valence-corrected chi connectivity index (χ2v) is 4.22. The fourth-order valence-electron chi connectivity index (χ4n) is 2.05. The molecule has 0 aromatic carbocycles. The van der Waals surface area contributed by atoms with Crippen molar-refractivity contribution in [2.45, 2.75) is 19.4 Å².